The number of hydrogen-bond donors (Lipinski definition) is 4. The van der Waals surface area contributed by atoms with E-state index < -0.39 is 6.09 Å². The fourth-order valence-electron chi connectivity index (χ4n) is 3.63. The Bertz CT molecular complexity index is 1240. The van der Waals surface area contributed by atoms with Crippen LogP contribution >= 0.6 is 11.6 Å². The molecule has 3 aromatic rings. The Kier molecular flexibility index (Phi) is 7.61. The van der Waals surface area contributed by atoms with E-state index in [1.165, 1.54) is 0 Å². The smallest absolute Gasteiger partial charge is 0.432 e. The summed E-state index contributed by atoms with van der Waals surface area (Å²) in [4.78, 5) is 32.7. The molecule has 11 heteroatoms. The molecule has 1 amide bonds. The summed E-state index contributed by atoms with van der Waals surface area (Å²) in [6.45, 7) is 1.21. The highest BCUT2D eigenvalue weighted by atomic mass is 35.5. The third-order valence-electron chi connectivity index (χ3n) is 5.18. The number of amides is 1. The number of carboxylic acid groups (broad SMARTS) is 2. The van der Waals surface area contributed by atoms with E-state index in [2.05, 4.69) is 21.8 Å². The van der Waals surface area contributed by atoms with Crippen LogP contribution in [-0.4, -0.2) is 51.6 Å². The molecule has 2 heterocycles. The van der Waals surface area contributed by atoms with Crippen LogP contribution in [0.2, 0.25) is 5.02 Å². The largest absolute Gasteiger partial charge is 0.483 e. The number of nitrogens with one attached hydrogen (secondary N) is 2. The zero-order valence-corrected chi connectivity index (χ0v) is 18.0. The number of aromatic nitrogens is 2. The molecule has 4 N–H and O–H groups in total. The SMILES string of the molecule is N#Cc1ccc(Cl)c(-c2ccc3c(c2)c(NC(=O)[C@@H]2CCCNC2)nn3C(=O)O)c1.O=CO. The van der Waals surface area contributed by atoms with Gasteiger partial charge in [-0.3, -0.25) is 9.59 Å². The second-order valence-electron chi connectivity index (χ2n) is 7.22. The van der Waals surface area contributed by atoms with Gasteiger partial charge in [-0.1, -0.05) is 17.7 Å². The van der Waals surface area contributed by atoms with E-state index >= 15 is 0 Å². The van der Waals surface area contributed by atoms with Gasteiger partial charge in [0.15, 0.2) is 5.82 Å². The van der Waals surface area contributed by atoms with E-state index in [0.717, 1.165) is 24.1 Å². The molecule has 0 unspecified atom stereocenters. The van der Waals surface area contributed by atoms with Crippen LogP contribution < -0.4 is 10.6 Å². The fraction of sp³-hybridized carbons (Fsp3) is 0.227. The first-order valence-corrected chi connectivity index (χ1v) is 10.3. The molecule has 0 saturated carbocycles. The molecule has 0 spiro atoms. The maximum atomic E-state index is 12.7. The zero-order chi connectivity index (χ0) is 24.0. The number of anilines is 1. The summed E-state index contributed by atoms with van der Waals surface area (Å²) in [6.07, 6.45) is 0.412. The first-order chi connectivity index (χ1) is 15.9. The minimum atomic E-state index is -1.25. The normalized spacial score (nSPS) is 15.1. The van der Waals surface area contributed by atoms with Gasteiger partial charge in [0.2, 0.25) is 5.91 Å². The number of rotatable bonds is 3. The number of fused-ring (bicyclic) bond motifs is 1. The molecule has 2 aromatic carbocycles. The Labute approximate surface area is 193 Å². The quantitative estimate of drug-likeness (QED) is 0.425. The van der Waals surface area contributed by atoms with Gasteiger partial charge in [-0.2, -0.15) is 9.94 Å². The minimum absolute atomic E-state index is 0.178. The highest BCUT2D eigenvalue weighted by Gasteiger charge is 2.24. The summed E-state index contributed by atoms with van der Waals surface area (Å²) in [6, 6.07) is 12.0. The topological polar surface area (TPSA) is 157 Å². The van der Waals surface area contributed by atoms with Crippen molar-refractivity contribution in [2.45, 2.75) is 12.8 Å². The molecule has 0 bridgehead atoms. The lowest BCUT2D eigenvalue weighted by Crippen LogP contribution is -2.37. The summed E-state index contributed by atoms with van der Waals surface area (Å²) in [5, 5.41) is 36.6. The number of hydrogen-bond acceptors (Lipinski definition) is 6. The zero-order valence-electron chi connectivity index (χ0n) is 17.3. The lowest BCUT2D eigenvalue weighted by atomic mass is 9.98. The van der Waals surface area contributed by atoms with E-state index in [4.69, 9.17) is 21.5 Å². The lowest BCUT2D eigenvalue weighted by Gasteiger charge is -2.21. The van der Waals surface area contributed by atoms with Crippen molar-refractivity contribution in [2.75, 3.05) is 18.4 Å². The molecule has 1 atom stereocenters. The van der Waals surface area contributed by atoms with Crippen molar-refractivity contribution >= 4 is 46.8 Å². The van der Waals surface area contributed by atoms with E-state index in [0.29, 0.717) is 39.2 Å². The maximum Gasteiger partial charge on any atom is 0.432 e. The predicted molar refractivity (Wildman–Crippen MR) is 121 cm³/mol. The molecule has 1 aliphatic rings. The Morgan fingerprint density at radius 2 is 2.06 bits per heavy atom. The van der Waals surface area contributed by atoms with Crippen molar-refractivity contribution in [1.82, 2.24) is 15.1 Å². The van der Waals surface area contributed by atoms with Crippen molar-refractivity contribution in [1.29, 1.82) is 5.26 Å². The molecule has 33 heavy (non-hydrogen) atoms. The van der Waals surface area contributed by atoms with Crippen molar-refractivity contribution in [3.63, 3.8) is 0 Å². The third-order valence-corrected chi connectivity index (χ3v) is 5.51. The minimum Gasteiger partial charge on any atom is -0.483 e. The van der Waals surface area contributed by atoms with Crippen LogP contribution in [0, 0.1) is 17.2 Å². The van der Waals surface area contributed by atoms with Crippen LogP contribution in [0.4, 0.5) is 10.6 Å². The van der Waals surface area contributed by atoms with Crippen LogP contribution in [0.5, 0.6) is 0 Å². The average Bonchev–Trinajstić information content (AvgIpc) is 3.18. The van der Waals surface area contributed by atoms with Gasteiger partial charge in [0.05, 0.1) is 23.1 Å². The number of nitrogens with zero attached hydrogens (tertiary/aromatic N) is 3. The molecular weight excluding hydrogens is 450 g/mol. The average molecular weight is 470 g/mol. The summed E-state index contributed by atoms with van der Waals surface area (Å²) in [5.41, 5.74) is 2.11. The van der Waals surface area contributed by atoms with Gasteiger partial charge in [-0.25, -0.2) is 4.79 Å². The second-order valence-corrected chi connectivity index (χ2v) is 7.63. The predicted octanol–water partition coefficient (Wildman–Crippen LogP) is 3.39. The molecule has 170 valence electrons. The second kappa shape index (κ2) is 10.6. The van der Waals surface area contributed by atoms with E-state index in [-0.39, 0.29) is 24.1 Å². The van der Waals surface area contributed by atoms with Gasteiger partial charge >= 0.3 is 6.09 Å². The Morgan fingerprint density at radius 1 is 1.30 bits per heavy atom. The Morgan fingerprint density at radius 3 is 2.70 bits per heavy atom. The highest BCUT2D eigenvalue weighted by Crippen LogP contribution is 2.33. The monoisotopic (exact) mass is 469 g/mol. The summed E-state index contributed by atoms with van der Waals surface area (Å²) < 4.78 is 0.834. The van der Waals surface area contributed by atoms with Crippen molar-refractivity contribution < 1.29 is 24.6 Å². The van der Waals surface area contributed by atoms with Gasteiger partial charge in [0.1, 0.15) is 0 Å². The van der Waals surface area contributed by atoms with E-state index in [1.807, 2.05) is 0 Å². The molecule has 1 aliphatic heterocycles. The van der Waals surface area contributed by atoms with Gasteiger partial charge in [0.25, 0.3) is 6.47 Å². The van der Waals surface area contributed by atoms with Gasteiger partial charge < -0.3 is 20.8 Å². The molecule has 10 nitrogen and oxygen atoms in total. The van der Waals surface area contributed by atoms with Gasteiger partial charge in [-0.05, 0) is 55.3 Å². The Balaban J connectivity index is 0.000000968. The molecule has 1 saturated heterocycles. The number of nitriles is 1. The van der Waals surface area contributed by atoms with Crippen LogP contribution in [-0.2, 0) is 9.59 Å². The van der Waals surface area contributed by atoms with E-state index in [9.17, 15) is 20.0 Å². The number of halogens is 1. The maximum absolute atomic E-state index is 12.7. The van der Waals surface area contributed by atoms with E-state index in [1.54, 1.807) is 36.4 Å². The van der Waals surface area contributed by atoms with Crippen LogP contribution in [0.1, 0.15) is 18.4 Å². The number of piperidine rings is 1. The molecule has 0 aliphatic carbocycles. The molecule has 0 radical (unpaired) electrons. The van der Waals surface area contributed by atoms with Crippen molar-refractivity contribution in [2.24, 2.45) is 5.92 Å². The fourth-order valence-corrected chi connectivity index (χ4v) is 3.86. The molecule has 1 fully saturated rings. The standard InChI is InChI=1S/C21H18ClN5O3.CH2O2/c22-17-5-3-12(10-23)8-15(17)13-4-6-18-16(9-13)19(26-27(18)21(29)30)25-20(28)14-2-1-7-24-11-14;2-1-3/h3-6,8-9,14,24H,1-2,7,11H2,(H,29,30)(H,25,26,28);1H,(H,2,3)/t14-;/m1./s1. The number of carbonyl (C=O) groups is 3. The van der Waals surface area contributed by atoms with Crippen LogP contribution in [0.25, 0.3) is 22.0 Å². The van der Waals surface area contributed by atoms with Gasteiger partial charge in [0, 0.05) is 22.5 Å². The van der Waals surface area contributed by atoms with Crippen LogP contribution in [0.15, 0.2) is 36.4 Å². The summed E-state index contributed by atoms with van der Waals surface area (Å²) >= 11 is 6.32. The molecular formula is C22H20ClN5O5. The molecule has 1 aromatic heterocycles. The number of benzene rings is 2. The first-order valence-electron chi connectivity index (χ1n) is 9.95. The lowest BCUT2D eigenvalue weighted by molar-refractivity contribution is -0.123. The van der Waals surface area contributed by atoms with Crippen LogP contribution in [0.3, 0.4) is 0 Å². The highest BCUT2D eigenvalue weighted by molar-refractivity contribution is 6.33. The summed E-state index contributed by atoms with van der Waals surface area (Å²) in [5.74, 6) is -0.222. The summed E-state index contributed by atoms with van der Waals surface area (Å²) in [7, 11) is 0. The van der Waals surface area contributed by atoms with Crippen molar-refractivity contribution in [3.05, 3.63) is 47.0 Å². The number of carbonyl (C=O) groups excluding carboxylic acids is 1. The van der Waals surface area contributed by atoms with Crippen molar-refractivity contribution in [3.8, 4) is 17.2 Å². The molecule has 4 rings (SSSR count). The third kappa shape index (κ3) is 5.28. The Hall–Kier alpha value is -3.94. The first kappa shape index (κ1) is 23.7. The van der Waals surface area contributed by atoms with Gasteiger partial charge in [-0.15, -0.1) is 5.10 Å².